The number of ether oxygens (including phenoxy) is 1. The van der Waals surface area contributed by atoms with E-state index in [0.717, 1.165) is 25.7 Å². The molecule has 104 valence electrons. The predicted octanol–water partition coefficient (Wildman–Crippen LogP) is -1.14. The summed E-state index contributed by atoms with van der Waals surface area (Å²) in [5.41, 5.74) is -0.462. The number of alkyl halides is 4. The van der Waals surface area contributed by atoms with Crippen molar-refractivity contribution in [3.8, 4) is 0 Å². The van der Waals surface area contributed by atoms with Crippen molar-refractivity contribution in [1.29, 1.82) is 0 Å². The van der Waals surface area contributed by atoms with Gasteiger partial charge in [-0.15, -0.1) is 0 Å². The van der Waals surface area contributed by atoms with Crippen molar-refractivity contribution in [3.63, 3.8) is 0 Å². The maximum absolute atomic E-state index is 14.0. The van der Waals surface area contributed by atoms with Gasteiger partial charge in [-0.25, -0.2) is 0 Å². The van der Waals surface area contributed by atoms with Crippen LogP contribution in [-0.2, 0) is 9.53 Å². The van der Waals surface area contributed by atoms with E-state index in [1.165, 1.54) is 0 Å². The Kier molecular flexibility index (Phi) is 3.38. The van der Waals surface area contributed by atoms with E-state index in [1.807, 2.05) is 0 Å². The first kappa shape index (κ1) is 13.8. The van der Waals surface area contributed by atoms with Gasteiger partial charge in [0.25, 0.3) is 0 Å². The summed E-state index contributed by atoms with van der Waals surface area (Å²) >= 11 is 0.742. The Labute approximate surface area is 130 Å². The molecule has 4 bridgehead atoms. The molecule has 4 fully saturated rings. The minimum absolute atomic E-state index is 0.224. The Morgan fingerprint density at radius 1 is 1.50 bits per heavy atom. The van der Waals surface area contributed by atoms with Gasteiger partial charge in [0.2, 0.25) is 0 Å². The van der Waals surface area contributed by atoms with Crippen LogP contribution in [0.4, 0.5) is 4.39 Å². The van der Waals surface area contributed by atoms with Crippen LogP contribution in [0.5, 0.6) is 0 Å². The number of hydrogen-bond acceptors (Lipinski definition) is 3. The summed E-state index contributed by atoms with van der Waals surface area (Å²) in [5, 5.41) is 10.0. The number of esters is 1. The number of hydrogen-bond donors (Lipinski definition) is 1. The molecule has 4 aliphatic rings. The molecular formula is C12H16FI2O3-. The Morgan fingerprint density at radius 3 is 2.72 bits per heavy atom. The predicted molar refractivity (Wildman–Crippen MR) is 67.6 cm³/mol. The molecule has 0 saturated heterocycles. The average molecular weight is 481 g/mol. The van der Waals surface area contributed by atoms with Gasteiger partial charge in [0.15, 0.2) is 0 Å². The zero-order valence-corrected chi connectivity index (χ0v) is 14.4. The Balaban J connectivity index is 1.74. The molecule has 0 aromatic rings. The molecule has 3 nitrogen and oxygen atoms in total. The molecule has 0 heterocycles. The van der Waals surface area contributed by atoms with Crippen LogP contribution in [0.2, 0.25) is 0 Å². The standard InChI is InChI=1S/C12H16FI2O3/c1-15-12(13,14)10(17)18-11-3-6-2-7(4-11)9(16)8(6)5-11/h6-9,16H,2-5H2,1H3/q-1/t6?,7?,8-,9?,11+,12?/m0/s1. The molecule has 0 radical (unpaired) electrons. The van der Waals surface area contributed by atoms with Gasteiger partial charge in [-0.05, 0) is 0 Å². The Morgan fingerprint density at radius 2 is 2.17 bits per heavy atom. The van der Waals surface area contributed by atoms with Gasteiger partial charge < -0.3 is 0 Å². The van der Waals surface area contributed by atoms with Crippen LogP contribution >= 0.6 is 22.6 Å². The summed E-state index contributed by atoms with van der Waals surface area (Å²) < 4.78 is 17.8. The zero-order chi connectivity index (χ0) is 13.1. The van der Waals surface area contributed by atoms with E-state index in [4.69, 9.17) is 4.74 Å². The molecule has 1 N–H and O–H groups in total. The molecule has 6 heteroatoms. The molecule has 4 aliphatic carbocycles. The molecule has 0 aromatic carbocycles. The third-order valence-electron chi connectivity index (χ3n) is 4.79. The first-order chi connectivity index (χ1) is 8.37. The average Bonchev–Trinajstić information content (AvgIpc) is 2.69. The summed E-state index contributed by atoms with van der Waals surface area (Å²) in [5.74, 6) is 0.326. The molecule has 0 spiro atoms. The van der Waals surface area contributed by atoms with Crippen molar-refractivity contribution in [2.45, 2.75) is 39.1 Å². The van der Waals surface area contributed by atoms with Crippen molar-refractivity contribution in [1.82, 2.24) is 0 Å². The molecule has 4 rings (SSSR count). The van der Waals surface area contributed by atoms with Crippen LogP contribution in [0.25, 0.3) is 0 Å². The molecule has 4 unspecified atom stereocenters. The molecule has 4 saturated carbocycles. The van der Waals surface area contributed by atoms with E-state index in [9.17, 15) is 14.3 Å². The summed E-state index contributed by atoms with van der Waals surface area (Å²) in [4.78, 5) is 13.7. The van der Waals surface area contributed by atoms with Crippen molar-refractivity contribution >= 4 is 28.6 Å². The number of carbonyl (C=O) groups excluding carboxylic acids is 1. The first-order valence-electron chi connectivity index (χ1n) is 6.17. The molecular weight excluding hydrogens is 465 g/mol. The number of aliphatic hydroxyl groups excluding tert-OH is 1. The van der Waals surface area contributed by atoms with Gasteiger partial charge >= 0.3 is 131 Å². The summed E-state index contributed by atoms with van der Waals surface area (Å²) in [7, 11) is 0. The second-order valence-corrected chi connectivity index (χ2v) is 11.9. The van der Waals surface area contributed by atoms with Crippen LogP contribution < -0.4 is 21.2 Å². The van der Waals surface area contributed by atoms with Crippen molar-refractivity contribution in [3.05, 3.63) is 0 Å². The van der Waals surface area contributed by atoms with Crippen molar-refractivity contribution in [2.24, 2.45) is 17.8 Å². The van der Waals surface area contributed by atoms with Crippen LogP contribution in [0.1, 0.15) is 25.7 Å². The van der Waals surface area contributed by atoms with Gasteiger partial charge in [0.1, 0.15) is 0 Å². The SMILES string of the molecule is C[I-]C(F)(I)C(=O)O[C@@]12CC3CC(C1)[C@H](C2)C3O. The second-order valence-electron chi connectivity index (χ2n) is 5.78. The van der Waals surface area contributed by atoms with E-state index in [0.29, 0.717) is 5.92 Å². The monoisotopic (exact) mass is 481 g/mol. The minimum atomic E-state index is -1.80. The number of carbonyl (C=O) groups is 1. The fraction of sp³-hybridized carbons (Fsp3) is 0.917. The van der Waals surface area contributed by atoms with Gasteiger partial charge in [-0.1, -0.05) is 0 Å². The first-order valence-corrected chi connectivity index (χ1v) is 10.5. The topological polar surface area (TPSA) is 46.5 Å². The quantitative estimate of drug-likeness (QED) is 0.315. The maximum atomic E-state index is 14.0. The summed E-state index contributed by atoms with van der Waals surface area (Å²) in [6, 6.07) is 0. The van der Waals surface area contributed by atoms with E-state index < -0.39 is 34.5 Å². The van der Waals surface area contributed by atoms with E-state index in [1.54, 1.807) is 27.5 Å². The van der Waals surface area contributed by atoms with Crippen LogP contribution in [0, 0.1) is 17.8 Å². The van der Waals surface area contributed by atoms with E-state index >= 15 is 0 Å². The second kappa shape index (κ2) is 4.41. The number of halogens is 3. The Hall–Kier alpha value is 0.820. The van der Waals surface area contributed by atoms with Gasteiger partial charge in [-0.2, -0.15) is 0 Å². The summed E-state index contributed by atoms with van der Waals surface area (Å²) in [6.45, 7) is 0. The molecule has 18 heavy (non-hydrogen) atoms. The fourth-order valence-electron chi connectivity index (χ4n) is 4.15. The van der Waals surface area contributed by atoms with Crippen LogP contribution in [-0.4, -0.2) is 29.4 Å². The number of aliphatic hydroxyl groups is 1. The van der Waals surface area contributed by atoms with Gasteiger partial charge in [-0.3, -0.25) is 0 Å². The third kappa shape index (κ3) is 2.01. The van der Waals surface area contributed by atoms with Crippen molar-refractivity contribution < 1.29 is 40.2 Å². The van der Waals surface area contributed by atoms with Crippen LogP contribution in [0.3, 0.4) is 0 Å². The van der Waals surface area contributed by atoms with Crippen molar-refractivity contribution in [2.75, 3.05) is 4.93 Å². The van der Waals surface area contributed by atoms with Gasteiger partial charge in [0.05, 0.1) is 0 Å². The van der Waals surface area contributed by atoms with E-state index in [-0.39, 0.29) is 17.9 Å². The molecule has 0 aliphatic heterocycles. The normalized spacial score (nSPS) is 48.4. The number of rotatable bonds is 3. The third-order valence-corrected chi connectivity index (χ3v) is 9.76. The zero-order valence-electron chi connectivity index (χ0n) is 10.0. The molecule has 0 aromatic heterocycles. The Bertz CT molecular complexity index is 386. The van der Waals surface area contributed by atoms with E-state index in [2.05, 4.69) is 0 Å². The van der Waals surface area contributed by atoms with Gasteiger partial charge in [0, 0.05) is 0 Å². The molecule has 0 amide bonds. The summed E-state index contributed by atoms with van der Waals surface area (Å²) in [6.07, 6.45) is 3.11. The molecule has 6 atom stereocenters. The fourth-order valence-corrected chi connectivity index (χ4v) is 4.81. The van der Waals surface area contributed by atoms with Crippen LogP contribution in [0.15, 0.2) is 0 Å².